The maximum absolute atomic E-state index is 13.4. The molecule has 2 N–H and O–H groups in total. The van der Waals surface area contributed by atoms with Gasteiger partial charge in [0.1, 0.15) is 23.3 Å². The first-order valence-electron chi connectivity index (χ1n) is 12.4. The summed E-state index contributed by atoms with van der Waals surface area (Å²) in [5.74, 6) is 0.0518. The Morgan fingerprint density at radius 1 is 1.05 bits per heavy atom. The van der Waals surface area contributed by atoms with Crippen molar-refractivity contribution in [2.75, 3.05) is 17.2 Å². The molecule has 9 nitrogen and oxygen atoms in total. The van der Waals surface area contributed by atoms with Crippen LogP contribution in [0.25, 0.3) is 17.0 Å². The SMILES string of the molecule is O=C1N=C(N2CCC[C@H]2C(=O)Nc2ccc3ncnc(Nc4cccc(Cl)c4)c3c2)S/C1=C/c1cccnc1Cl. The molecule has 4 aromatic rings. The molecule has 200 valence electrons. The Labute approximate surface area is 243 Å². The molecule has 6 rings (SSSR count). The zero-order chi connectivity index (χ0) is 27.6. The van der Waals surface area contributed by atoms with E-state index in [2.05, 4.69) is 30.6 Å². The molecule has 0 spiro atoms. The van der Waals surface area contributed by atoms with E-state index in [-0.39, 0.29) is 11.8 Å². The number of anilines is 3. The van der Waals surface area contributed by atoms with Gasteiger partial charge < -0.3 is 15.5 Å². The van der Waals surface area contributed by atoms with Crippen molar-refractivity contribution in [2.45, 2.75) is 18.9 Å². The van der Waals surface area contributed by atoms with Crippen molar-refractivity contribution in [3.63, 3.8) is 0 Å². The van der Waals surface area contributed by atoms with Crippen LogP contribution >= 0.6 is 35.0 Å². The topological polar surface area (TPSA) is 112 Å². The summed E-state index contributed by atoms with van der Waals surface area (Å²) in [7, 11) is 0. The zero-order valence-corrected chi connectivity index (χ0v) is 23.2. The fraction of sp³-hybridized carbons (Fsp3) is 0.143. The van der Waals surface area contributed by atoms with Crippen molar-refractivity contribution < 1.29 is 9.59 Å². The monoisotopic (exact) mass is 589 g/mol. The number of rotatable bonds is 5. The molecular weight excluding hydrogens is 569 g/mol. The van der Waals surface area contributed by atoms with E-state index in [1.54, 1.807) is 42.6 Å². The Morgan fingerprint density at radius 3 is 2.80 bits per heavy atom. The number of pyridine rings is 1. The minimum atomic E-state index is -0.466. The van der Waals surface area contributed by atoms with Gasteiger partial charge in [-0.1, -0.05) is 35.3 Å². The second kappa shape index (κ2) is 11.2. The van der Waals surface area contributed by atoms with Crippen LogP contribution in [-0.4, -0.2) is 49.4 Å². The van der Waals surface area contributed by atoms with Gasteiger partial charge in [-0.2, -0.15) is 4.99 Å². The van der Waals surface area contributed by atoms with Gasteiger partial charge in [0.2, 0.25) is 5.91 Å². The third kappa shape index (κ3) is 5.51. The molecule has 0 bridgehead atoms. The van der Waals surface area contributed by atoms with Gasteiger partial charge in [-0.3, -0.25) is 9.59 Å². The molecule has 2 aromatic heterocycles. The Hall–Kier alpha value is -3.99. The Bertz CT molecular complexity index is 1710. The van der Waals surface area contributed by atoms with Gasteiger partial charge in [0, 0.05) is 40.1 Å². The number of benzene rings is 2. The molecule has 1 atom stereocenters. The lowest BCUT2D eigenvalue weighted by molar-refractivity contribution is -0.119. The lowest BCUT2D eigenvalue weighted by Gasteiger charge is -2.24. The van der Waals surface area contributed by atoms with Crippen molar-refractivity contribution in [3.8, 4) is 0 Å². The number of carbonyl (C=O) groups is 2. The lowest BCUT2D eigenvalue weighted by Crippen LogP contribution is -2.41. The molecule has 40 heavy (non-hydrogen) atoms. The lowest BCUT2D eigenvalue weighted by atomic mass is 10.1. The van der Waals surface area contributed by atoms with Gasteiger partial charge in [-0.15, -0.1) is 0 Å². The molecule has 2 aromatic carbocycles. The second-order valence-corrected chi connectivity index (χ2v) is 10.9. The molecule has 2 amide bonds. The van der Waals surface area contributed by atoms with Crippen molar-refractivity contribution >= 4 is 86.1 Å². The molecule has 12 heteroatoms. The second-order valence-electron chi connectivity index (χ2n) is 9.12. The Kier molecular flexibility index (Phi) is 7.38. The number of aromatic nitrogens is 3. The maximum Gasteiger partial charge on any atom is 0.286 e. The van der Waals surface area contributed by atoms with E-state index < -0.39 is 6.04 Å². The van der Waals surface area contributed by atoms with Crippen LogP contribution in [0.3, 0.4) is 0 Å². The van der Waals surface area contributed by atoms with Crippen LogP contribution < -0.4 is 10.6 Å². The maximum atomic E-state index is 13.4. The minimum absolute atomic E-state index is 0.179. The van der Waals surface area contributed by atoms with Crippen LogP contribution in [-0.2, 0) is 9.59 Å². The predicted octanol–water partition coefficient (Wildman–Crippen LogP) is 6.15. The number of fused-ring (bicyclic) bond motifs is 1. The van der Waals surface area contributed by atoms with E-state index in [0.717, 1.165) is 23.0 Å². The highest BCUT2D eigenvalue weighted by molar-refractivity contribution is 8.18. The molecule has 0 unspecified atom stereocenters. The number of amidine groups is 1. The van der Waals surface area contributed by atoms with Gasteiger partial charge in [-0.25, -0.2) is 15.0 Å². The number of hydrogen-bond acceptors (Lipinski definition) is 8. The molecule has 0 aliphatic carbocycles. The Balaban J connectivity index is 1.19. The smallest absolute Gasteiger partial charge is 0.286 e. The number of likely N-dealkylation sites (tertiary alicyclic amines) is 1. The van der Waals surface area contributed by atoms with Gasteiger partial charge in [0.25, 0.3) is 5.91 Å². The minimum Gasteiger partial charge on any atom is -0.340 e. The van der Waals surface area contributed by atoms with Crippen LogP contribution in [0.5, 0.6) is 0 Å². The van der Waals surface area contributed by atoms with Gasteiger partial charge in [-0.05, 0) is 73.1 Å². The fourth-order valence-corrected chi connectivity index (χ4v) is 5.94. The standard InChI is InChI=1S/C28H21Cl2N7O2S/c29-17-5-1-6-18(13-17)34-25-20-14-19(8-9-21(20)32-15-33-25)35-26(38)22-7-3-11-37(22)28-36-27(39)23(40-28)12-16-4-2-10-31-24(16)30/h1-2,4-6,8-10,12-15,22H,3,7,11H2,(H,35,38)(H,32,33,34)/b23-12+/t22-/m0/s1. The van der Waals surface area contributed by atoms with Crippen molar-refractivity contribution in [1.82, 2.24) is 19.9 Å². The average molecular weight is 590 g/mol. The van der Waals surface area contributed by atoms with Crippen molar-refractivity contribution in [3.05, 3.63) is 87.8 Å². The number of thioether (sulfide) groups is 1. The summed E-state index contributed by atoms with van der Waals surface area (Å²) >= 11 is 13.5. The van der Waals surface area contributed by atoms with E-state index in [1.165, 1.54) is 18.1 Å². The predicted molar refractivity (Wildman–Crippen MR) is 160 cm³/mol. The number of aliphatic imine (C=N–C) groups is 1. The first-order chi connectivity index (χ1) is 19.4. The van der Waals surface area contributed by atoms with Crippen LogP contribution in [0.2, 0.25) is 10.2 Å². The fourth-order valence-electron chi connectivity index (χ4n) is 4.60. The average Bonchev–Trinajstić information content (AvgIpc) is 3.57. The summed E-state index contributed by atoms with van der Waals surface area (Å²) in [6.07, 6.45) is 6.19. The summed E-state index contributed by atoms with van der Waals surface area (Å²) in [6.45, 7) is 0.622. The highest BCUT2D eigenvalue weighted by Gasteiger charge is 2.37. The first kappa shape index (κ1) is 26.2. The van der Waals surface area contributed by atoms with Gasteiger partial charge in [0.05, 0.1) is 10.4 Å². The largest absolute Gasteiger partial charge is 0.340 e. The number of halogens is 2. The van der Waals surface area contributed by atoms with Crippen molar-refractivity contribution in [1.29, 1.82) is 0 Å². The summed E-state index contributed by atoms with van der Waals surface area (Å²) in [5.41, 5.74) is 2.75. The number of amides is 2. The van der Waals surface area contributed by atoms with E-state index in [4.69, 9.17) is 23.2 Å². The summed E-state index contributed by atoms with van der Waals surface area (Å²) in [4.78, 5) is 45.4. The normalized spacial score (nSPS) is 17.9. The van der Waals surface area contributed by atoms with E-state index in [0.29, 0.717) is 50.3 Å². The summed E-state index contributed by atoms with van der Waals surface area (Å²) < 4.78 is 0. The molecule has 4 heterocycles. The Morgan fingerprint density at radius 2 is 1.95 bits per heavy atom. The van der Waals surface area contributed by atoms with E-state index in [1.807, 2.05) is 29.2 Å². The quantitative estimate of drug-likeness (QED) is 0.210. The molecular formula is C28H21Cl2N7O2S. The van der Waals surface area contributed by atoms with Crippen LogP contribution in [0, 0.1) is 0 Å². The molecule has 1 saturated heterocycles. The molecule has 1 fully saturated rings. The number of nitrogens with one attached hydrogen (secondary N) is 2. The van der Waals surface area contributed by atoms with Crippen molar-refractivity contribution in [2.24, 2.45) is 4.99 Å². The van der Waals surface area contributed by atoms with Crippen LogP contribution in [0.15, 0.2) is 77.0 Å². The summed E-state index contributed by atoms with van der Waals surface area (Å²) in [6, 6.07) is 15.9. The molecule has 0 saturated carbocycles. The number of nitrogens with zero attached hydrogens (tertiary/aromatic N) is 5. The van der Waals surface area contributed by atoms with Gasteiger partial charge in [0.15, 0.2) is 5.17 Å². The highest BCUT2D eigenvalue weighted by Crippen LogP contribution is 2.35. The third-order valence-corrected chi connectivity index (χ3v) is 8.05. The summed E-state index contributed by atoms with van der Waals surface area (Å²) in [5, 5.41) is 8.46. The van der Waals surface area contributed by atoms with E-state index in [9.17, 15) is 9.59 Å². The highest BCUT2D eigenvalue weighted by atomic mass is 35.5. The number of carbonyl (C=O) groups excluding carboxylic acids is 2. The molecule has 0 radical (unpaired) electrons. The molecule has 2 aliphatic rings. The van der Waals surface area contributed by atoms with Gasteiger partial charge >= 0.3 is 0 Å². The molecule has 2 aliphatic heterocycles. The third-order valence-electron chi connectivity index (χ3n) is 6.48. The zero-order valence-electron chi connectivity index (χ0n) is 20.8. The number of hydrogen-bond donors (Lipinski definition) is 2. The van der Waals surface area contributed by atoms with E-state index >= 15 is 0 Å². The first-order valence-corrected chi connectivity index (χ1v) is 14.0. The van der Waals surface area contributed by atoms with Crippen LogP contribution in [0.1, 0.15) is 18.4 Å². The van der Waals surface area contributed by atoms with Crippen LogP contribution in [0.4, 0.5) is 17.2 Å².